The summed E-state index contributed by atoms with van der Waals surface area (Å²) in [5, 5.41) is 19.2. The highest BCUT2D eigenvalue weighted by molar-refractivity contribution is 5.86. The van der Waals surface area contributed by atoms with Crippen LogP contribution in [-0.2, 0) is 9.59 Å². The van der Waals surface area contributed by atoms with E-state index in [1.807, 2.05) is 0 Å². The van der Waals surface area contributed by atoms with E-state index in [9.17, 15) is 19.5 Å². The van der Waals surface area contributed by atoms with E-state index in [0.717, 1.165) is 24.2 Å². The molecule has 1 spiro atoms. The fourth-order valence-corrected chi connectivity index (χ4v) is 3.79. The first-order valence-corrected chi connectivity index (χ1v) is 8.58. The van der Waals surface area contributed by atoms with Crippen LogP contribution >= 0.6 is 0 Å². The number of β-amino-alcohol motifs (C(OH)–C–C–N with tert-alkyl or cyclic N) is 1. The summed E-state index contributed by atoms with van der Waals surface area (Å²) in [6, 6.07) is -0.710. The Balaban J connectivity index is 1.48. The minimum atomic E-state index is -1.09. The maximum atomic E-state index is 12.4. The Labute approximate surface area is 141 Å². The molecule has 24 heavy (non-hydrogen) atoms. The maximum Gasteiger partial charge on any atom is 0.408 e. The smallest absolute Gasteiger partial charge is 0.408 e. The second-order valence-electron chi connectivity index (χ2n) is 7.20. The third kappa shape index (κ3) is 3.07. The van der Waals surface area contributed by atoms with Crippen molar-refractivity contribution < 1.29 is 24.6 Å². The van der Waals surface area contributed by atoms with E-state index >= 15 is 0 Å². The highest BCUT2D eigenvalue weighted by atomic mass is 16.4. The van der Waals surface area contributed by atoms with Gasteiger partial charge in [-0.1, -0.05) is 0 Å². The van der Waals surface area contributed by atoms with E-state index in [1.54, 1.807) is 16.7 Å². The molecular formula is C16H25N3O5. The molecule has 0 aromatic carbocycles. The number of aliphatic hydroxyl groups excluding tert-OH is 1. The fourth-order valence-electron chi connectivity index (χ4n) is 3.79. The zero-order valence-electron chi connectivity index (χ0n) is 14.0. The van der Waals surface area contributed by atoms with Gasteiger partial charge in [0, 0.05) is 39.1 Å². The summed E-state index contributed by atoms with van der Waals surface area (Å²) in [7, 11) is 0. The molecule has 3 amide bonds. The van der Waals surface area contributed by atoms with E-state index in [4.69, 9.17) is 5.11 Å². The number of aliphatic hydroxyl groups is 1. The van der Waals surface area contributed by atoms with Crippen LogP contribution in [0.1, 0.15) is 32.6 Å². The molecule has 0 aromatic rings. The van der Waals surface area contributed by atoms with Crippen LogP contribution in [-0.4, -0.2) is 87.7 Å². The SMILES string of the molecule is C[C@H]1C(=O)N(CCC(=O)N2CCC3(CC3)[C@H](O)C2)CCN1C(=O)O. The monoisotopic (exact) mass is 339 g/mol. The Hall–Kier alpha value is -1.83. The van der Waals surface area contributed by atoms with Crippen molar-refractivity contribution in [1.29, 1.82) is 0 Å². The molecule has 2 heterocycles. The first-order chi connectivity index (χ1) is 11.3. The number of rotatable bonds is 3. The topological polar surface area (TPSA) is 101 Å². The third-order valence-corrected chi connectivity index (χ3v) is 5.81. The van der Waals surface area contributed by atoms with Crippen molar-refractivity contribution in [1.82, 2.24) is 14.7 Å². The molecule has 0 bridgehead atoms. The van der Waals surface area contributed by atoms with Crippen LogP contribution in [0.5, 0.6) is 0 Å². The number of piperidine rings is 1. The second kappa shape index (κ2) is 6.23. The number of nitrogens with zero attached hydrogens (tertiary/aromatic N) is 3. The van der Waals surface area contributed by atoms with Crippen LogP contribution in [0.25, 0.3) is 0 Å². The van der Waals surface area contributed by atoms with Gasteiger partial charge >= 0.3 is 6.09 Å². The summed E-state index contributed by atoms with van der Waals surface area (Å²) in [5.74, 6) is -0.308. The molecule has 0 radical (unpaired) electrons. The van der Waals surface area contributed by atoms with Gasteiger partial charge in [-0.25, -0.2) is 4.79 Å². The summed E-state index contributed by atoms with van der Waals surface area (Å²) in [5.41, 5.74) is 0.0648. The molecule has 3 rings (SSSR count). The van der Waals surface area contributed by atoms with Gasteiger partial charge in [-0.2, -0.15) is 0 Å². The molecular weight excluding hydrogens is 314 g/mol. The minimum absolute atomic E-state index is 0.0503. The number of piperazine rings is 1. The Bertz CT molecular complexity index is 548. The number of likely N-dealkylation sites (tertiary alicyclic amines) is 1. The van der Waals surface area contributed by atoms with Crippen LogP contribution in [0, 0.1) is 5.41 Å². The number of amides is 3. The molecule has 2 aliphatic heterocycles. The number of hydrogen-bond donors (Lipinski definition) is 2. The van der Waals surface area contributed by atoms with Crippen molar-refractivity contribution in [2.24, 2.45) is 5.41 Å². The van der Waals surface area contributed by atoms with Gasteiger partial charge in [0.2, 0.25) is 11.8 Å². The molecule has 2 atom stereocenters. The quantitative estimate of drug-likeness (QED) is 0.751. The van der Waals surface area contributed by atoms with Crippen molar-refractivity contribution in [2.75, 3.05) is 32.7 Å². The number of carbonyl (C=O) groups excluding carboxylic acids is 2. The summed E-state index contributed by atoms with van der Waals surface area (Å²) >= 11 is 0. The van der Waals surface area contributed by atoms with E-state index in [0.29, 0.717) is 26.2 Å². The maximum absolute atomic E-state index is 12.4. The molecule has 134 valence electrons. The van der Waals surface area contributed by atoms with Crippen molar-refractivity contribution in [3.8, 4) is 0 Å². The van der Waals surface area contributed by atoms with E-state index in [-0.39, 0.29) is 30.2 Å². The van der Waals surface area contributed by atoms with Gasteiger partial charge in [0.05, 0.1) is 6.10 Å². The Morgan fingerprint density at radius 3 is 2.50 bits per heavy atom. The van der Waals surface area contributed by atoms with Crippen LogP contribution in [0.2, 0.25) is 0 Å². The van der Waals surface area contributed by atoms with Crippen molar-refractivity contribution in [2.45, 2.75) is 44.8 Å². The van der Waals surface area contributed by atoms with Gasteiger partial charge in [0.25, 0.3) is 0 Å². The van der Waals surface area contributed by atoms with E-state index in [2.05, 4.69) is 0 Å². The van der Waals surface area contributed by atoms with Crippen LogP contribution in [0.3, 0.4) is 0 Å². The first kappa shape index (κ1) is 17.0. The van der Waals surface area contributed by atoms with Gasteiger partial charge in [0.1, 0.15) is 6.04 Å². The van der Waals surface area contributed by atoms with Crippen molar-refractivity contribution in [3.05, 3.63) is 0 Å². The van der Waals surface area contributed by atoms with Crippen molar-refractivity contribution >= 4 is 17.9 Å². The Morgan fingerprint density at radius 1 is 1.21 bits per heavy atom. The van der Waals surface area contributed by atoms with Crippen LogP contribution < -0.4 is 0 Å². The molecule has 1 saturated carbocycles. The van der Waals surface area contributed by atoms with Gasteiger partial charge < -0.3 is 20.0 Å². The second-order valence-corrected chi connectivity index (χ2v) is 7.20. The summed E-state index contributed by atoms with van der Waals surface area (Å²) < 4.78 is 0. The highest BCUT2D eigenvalue weighted by Crippen LogP contribution is 2.53. The number of hydrogen-bond acceptors (Lipinski definition) is 4. The molecule has 8 nitrogen and oxygen atoms in total. The molecule has 3 aliphatic rings. The molecule has 2 saturated heterocycles. The number of carboxylic acid groups (broad SMARTS) is 1. The minimum Gasteiger partial charge on any atom is -0.465 e. The largest absolute Gasteiger partial charge is 0.465 e. The molecule has 0 aromatic heterocycles. The average Bonchev–Trinajstić information content (AvgIpc) is 3.32. The Morgan fingerprint density at radius 2 is 1.92 bits per heavy atom. The van der Waals surface area contributed by atoms with Gasteiger partial charge in [-0.3, -0.25) is 14.5 Å². The van der Waals surface area contributed by atoms with Crippen LogP contribution in [0.4, 0.5) is 4.79 Å². The summed E-state index contributed by atoms with van der Waals surface area (Å²) in [4.78, 5) is 40.0. The van der Waals surface area contributed by atoms with Crippen molar-refractivity contribution in [3.63, 3.8) is 0 Å². The van der Waals surface area contributed by atoms with E-state index < -0.39 is 18.2 Å². The van der Waals surface area contributed by atoms with E-state index in [1.165, 1.54) is 0 Å². The lowest BCUT2D eigenvalue weighted by atomic mass is 9.90. The predicted octanol–water partition coefficient (Wildman–Crippen LogP) is -0.0394. The van der Waals surface area contributed by atoms with Gasteiger partial charge in [-0.15, -0.1) is 0 Å². The van der Waals surface area contributed by atoms with Gasteiger partial charge in [0.15, 0.2) is 0 Å². The van der Waals surface area contributed by atoms with Crippen LogP contribution in [0.15, 0.2) is 0 Å². The lowest BCUT2D eigenvalue weighted by Gasteiger charge is -2.39. The summed E-state index contributed by atoms with van der Waals surface area (Å²) in [6.45, 7) is 3.51. The first-order valence-electron chi connectivity index (χ1n) is 8.58. The zero-order valence-corrected chi connectivity index (χ0v) is 14.0. The number of carbonyl (C=O) groups is 3. The predicted molar refractivity (Wildman–Crippen MR) is 84.3 cm³/mol. The lowest BCUT2D eigenvalue weighted by molar-refractivity contribution is -0.142. The molecule has 1 aliphatic carbocycles. The summed E-state index contributed by atoms with van der Waals surface area (Å²) in [6.07, 6.45) is 1.64. The molecule has 0 unspecified atom stereocenters. The normalized spacial score (nSPS) is 29.1. The molecule has 3 fully saturated rings. The third-order valence-electron chi connectivity index (χ3n) is 5.81. The standard InChI is InChI=1S/C16H25N3O5/c1-11-14(22)17(8-9-19(11)15(23)24)6-2-13(21)18-7-5-16(3-4-16)12(20)10-18/h11-12,20H,2-10H2,1H3,(H,23,24)/t11-,12+/m0/s1. The molecule has 2 N–H and O–H groups in total. The fraction of sp³-hybridized carbons (Fsp3) is 0.812. The average molecular weight is 339 g/mol. The lowest BCUT2D eigenvalue weighted by Crippen LogP contribution is -2.57. The highest BCUT2D eigenvalue weighted by Gasteiger charge is 2.51. The zero-order chi connectivity index (χ0) is 17.5. The Kier molecular flexibility index (Phi) is 4.42. The van der Waals surface area contributed by atoms with Gasteiger partial charge in [-0.05, 0) is 31.6 Å². The molecule has 8 heteroatoms.